The second-order valence-electron chi connectivity index (χ2n) is 11.2. The number of esters is 1. The molecule has 4 aromatic rings. The van der Waals surface area contributed by atoms with Crippen molar-refractivity contribution in [3.8, 4) is 0 Å². The largest absolute Gasteiger partial charge is 0.462 e. The summed E-state index contributed by atoms with van der Waals surface area (Å²) >= 11 is 8.02. The summed E-state index contributed by atoms with van der Waals surface area (Å²) < 4.78 is 20.6. The highest BCUT2D eigenvalue weighted by Crippen LogP contribution is 2.18. The van der Waals surface area contributed by atoms with Gasteiger partial charge in [0, 0.05) is 28.6 Å². The minimum Gasteiger partial charge on any atom is -0.462 e. The lowest BCUT2D eigenvalue weighted by molar-refractivity contribution is 0.0490. The van der Waals surface area contributed by atoms with E-state index in [1.54, 1.807) is 36.4 Å². The molecule has 0 unspecified atom stereocenters. The van der Waals surface area contributed by atoms with Crippen molar-refractivity contribution in [1.29, 1.82) is 0 Å². The van der Waals surface area contributed by atoms with Crippen molar-refractivity contribution < 1.29 is 38.1 Å². The third kappa shape index (κ3) is 14.3. The van der Waals surface area contributed by atoms with Gasteiger partial charge in [-0.1, -0.05) is 48.5 Å². The molecule has 0 radical (unpaired) electrons. The zero-order valence-electron chi connectivity index (χ0n) is 28.0. The van der Waals surface area contributed by atoms with Gasteiger partial charge in [0.25, 0.3) is 0 Å². The van der Waals surface area contributed by atoms with E-state index in [9.17, 15) is 19.2 Å². The van der Waals surface area contributed by atoms with Crippen molar-refractivity contribution in [3.05, 3.63) is 125 Å². The molecular weight excluding hydrogens is 691 g/mol. The van der Waals surface area contributed by atoms with Gasteiger partial charge in [0.15, 0.2) is 0 Å². The van der Waals surface area contributed by atoms with Crippen LogP contribution in [0, 0.1) is 0 Å². The van der Waals surface area contributed by atoms with Crippen LogP contribution in [-0.4, -0.2) is 62.2 Å². The molecule has 0 saturated heterocycles. The van der Waals surface area contributed by atoms with Crippen LogP contribution in [0.4, 0.5) is 31.4 Å². The molecule has 13 heteroatoms. The second kappa shape index (κ2) is 21.2. The van der Waals surface area contributed by atoms with E-state index in [0.29, 0.717) is 59.8 Å². The van der Waals surface area contributed by atoms with Gasteiger partial charge in [0.2, 0.25) is 0 Å². The molecule has 0 aliphatic rings. The average Bonchev–Trinajstić information content (AvgIpc) is 3.14. The molecule has 3 N–H and O–H groups in total. The van der Waals surface area contributed by atoms with Gasteiger partial charge < -0.3 is 18.9 Å². The van der Waals surface area contributed by atoms with Crippen LogP contribution in [0.1, 0.15) is 45.5 Å². The van der Waals surface area contributed by atoms with Gasteiger partial charge in [-0.2, -0.15) is 25.3 Å². The Labute approximate surface area is 308 Å². The minimum absolute atomic E-state index is 0.186. The number of hydrogen-bond acceptors (Lipinski definition) is 10. The Hall–Kier alpha value is -5.14. The van der Waals surface area contributed by atoms with Crippen LogP contribution in [0.2, 0.25) is 0 Å². The van der Waals surface area contributed by atoms with Gasteiger partial charge >= 0.3 is 24.2 Å². The Balaban J connectivity index is 1.08. The van der Waals surface area contributed by atoms with Gasteiger partial charge in [-0.15, -0.1) is 0 Å². The first-order valence-electron chi connectivity index (χ1n) is 16.4. The molecular formula is C38H41N3O8S2. The third-order valence-electron chi connectivity index (χ3n) is 7.26. The highest BCUT2D eigenvalue weighted by molar-refractivity contribution is 7.80. The van der Waals surface area contributed by atoms with Crippen molar-refractivity contribution >= 4 is 66.6 Å². The standard InChI is InChI=1S/C38H41N3O8S2/c42-35(31-11-3-27(4-12-31)25-28-5-15-33(16-6-28)40-37(44)48-21-23-50)46-19-1-2-20-47-36(43)39-32-13-7-29(8-14-32)26-30-9-17-34(18-10-30)41-38(45)49-22-24-51/h3-18,50-51H,1-2,19-26H2,(H,39,43)(H,40,44)(H,41,45). The summed E-state index contributed by atoms with van der Waals surface area (Å²) in [5.74, 6) is 0.500. The number of rotatable bonds is 17. The molecule has 0 heterocycles. The van der Waals surface area contributed by atoms with Crippen molar-refractivity contribution in [2.75, 3.05) is 53.9 Å². The Kier molecular flexibility index (Phi) is 16.0. The van der Waals surface area contributed by atoms with Crippen LogP contribution in [-0.2, 0) is 31.8 Å². The van der Waals surface area contributed by atoms with Crippen molar-refractivity contribution in [2.45, 2.75) is 25.7 Å². The predicted molar refractivity (Wildman–Crippen MR) is 204 cm³/mol. The van der Waals surface area contributed by atoms with Gasteiger partial charge in [0.05, 0.1) is 18.8 Å². The lowest BCUT2D eigenvalue weighted by atomic mass is 10.0. The summed E-state index contributed by atoms with van der Waals surface area (Å²) in [6.45, 7) is 0.875. The maximum absolute atomic E-state index is 12.5. The van der Waals surface area contributed by atoms with E-state index in [-0.39, 0.29) is 26.4 Å². The lowest BCUT2D eigenvalue weighted by Gasteiger charge is -2.09. The summed E-state index contributed by atoms with van der Waals surface area (Å²) in [7, 11) is 0. The van der Waals surface area contributed by atoms with E-state index in [1.165, 1.54) is 0 Å². The summed E-state index contributed by atoms with van der Waals surface area (Å²) in [4.78, 5) is 48.0. The number of nitrogens with one attached hydrogen (secondary N) is 3. The fourth-order valence-corrected chi connectivity index (χ4v) is 4.89. The van der Waals surface area contributed by atoms with Crippen LogP contribution < -0.4 is 16.0 Å². The fourth-order valence-electron chi connectivity index (χ4n) is 4.70. The fraction of sp³-hybridized carbons (Fsp3) is 0.263. The van der Waals surface area contributed by atoms with E-state index in [0.717, 1.165) is 22.3 Å². The molecule has 0 atom stereocenters. The first-order valence-corrected chi connectivity index (χ1v) is 17.6. The minimum atomic E-state index is -0.562. The molecule has 0 saturated carbocycles. The lowest BCUT2D eigenvalue weighted by Crippen LogP contribution is -2.15. The van der Waals surface area contributed by atoms with Crippen LogP contribution in [0.15, 0.2) is 97.1 Å². The Morgan fingerprint density at radius 2 is 0.745 bits per heavy atom. The van der Waals surface area contributed by atoms with E-state index < -0.39 is 24.2 Å². The predicted octanol–water partition coefficient (Wildman–Crippen LogP) is 8.01. The second-order valence-corrected chi connectivity index (χ2v) is 12.1. The Morgan fingerprint density at radius 1 is 0.431 bits per heavy atom. The SMILES string of the molecule is O=C(Nc1ccc(Cc2ccc(NC(=O)OCCCCOC(=O)c3ccc(Cc4ccc(NC(=O)OCCS)cc4)cc3)cc2)cc1)OCCS. The summed E-state index contributed by atoms with van der Waals surface area (Å²) in [5.41, 5.74) is 6.52. The van der Waals surface area contributed by atoms with Crippen molar-refractivity contribution in [2.24, 2.45) is 0 Å². The molecule has 0 aliphatic carbocycles. The maximum Gasteiger partial charge on any atom is 0.411 e. The zero-order valence-corrected chi connectivity index (χ0v) is 29.8. The van der Waals surface area contributed by atoms with Gasteiger partial charge in [0.1, 0.15) is 13.2 Å². The number of carbonyl (C=O) groups excluding carboxylic acids is 4. The van der Waals surface area contributed by atoms with Crippen LogP contribution in [0.25, 0.3) is 0 Å². The smallest absolute Gasteiger partial charge is 0.411 e. The molecule has 0 fully saturated rings. The molecule has 268 valence electrons. The first-order chi connectivity index (χ1) is 24.8. The first kappa shape index (κ1) is 38.7. The molecule has 0 bridgehead atoms. The Morgan fingerprint density at radius 3 is 1.10 bits per heavy atom. The van der Waals surface area contributed by atoms with E-state index in [2.05, 4.69) is 41.2 Å². The van der Waals surface area contributed by atoms with Crippen LogP contribution in [0.5, 0.6) is 0 Å². The topological polar surface area (TPSA) is 141 Å². The zero-order chi connectivity index (χ0) is 36.3. The molecule has 51 heavy (non-hydrogen) atoms. The number of unbranched alkanes of at least 4 members (excludes halogenated alkanes) is 1. The number of ether oxygens (including phenoxy) is 4. The van der Waals surface area contributed by atoms with E-state index in [1.807, 2.05) is 60.7 Å². The highest BCUT2D eigenvalue weighted by Gasteiger charge is 2.09. The molecule has 0 aliphatic heterocycles. The third-order valence-corrected chi connectivity index (χ3v) is 7.63. The van der Waals surface area contributed by atoms with Crippen molar-refractivity contribution in [1.82, 2.24) is 0 Å². The number of hydrogen-bond donors (Lipinski definition) is 5. The van der Waals surface area contributed by atoms with Gasteiger partial charge in [-0.05, 0) is 96.5 Å². The van der Waals surface area contributed by atoms with Gasteiger partial charge in [-0.25, -0.2) is 19.2 Å². The van der Waals surface area contributed by atoms with E-state index >= 15 is 0 Å². The summed E-state index contributed by atoms with van der Waals surface area (Å²) in [5, 5.41) is 8.04. The quantitative estimate of drug-likeness (QED) is 0.0319. The molecule has 3 amide bonds. The van der Waals surface area contributed by atoms with E-state index in [4.69, 9.17) is 18.9 Å². The number of thiol groups is 2. The molecule has 11 nitrogen and oxygen atoms in total. The van der Waals surface area contributed by atoms with Crippen LogP contribution in [0.3, 0.4) is 0 Å². The monoisotopic (exact) mass is 731 g/mol. The maximum atomic E-state index is 12.5. The summed E-state index contributed by atoms with van der Waals surface area (Å²) in [6.07, 6.45) is 0.818. The number of anilines is 3. The normalized spacial score (nSPS) is 10.5. The molecule has 0 aromatic heterocycles. The average molecular weight is 732 g/mol. The summed E-state index contributed by atoms with van der Waals surface area (Å²) in [6, 6.07) is 29.6. The Bertz CT molecular complexity index is 1700. The molecule has 0 spiro atoms. The molecule has 4 aromatic carbocycles. The number of amides is 3. The van der Waals surface area contributed by atoms with Crippen molar-refractivity contribution in [3.63, 3.8) is 0 Å². The highest BCUT2D eigenvalue weighted by atomic mass is 32.1. The van der Waals surface area contributed by atoms with Gasteiger partial charge in [-0.3, -0.25) is 16.0 Å². The van der Waals surface area contributed by atoms with Crippen LogP contribution >= 0.6 is 25.3 Å². The number of carbonyl (C=O) groups is 4. The number of benzene rings is 4. The molecule has 4 rings (SSSR count).